The van der Waals surface area contributed by atoms with E-state index >= 15 is 0 Å². The van der Waals surface area contributed by atoms with Gasteiger partial charge in [-0.1, -0.05) is 43.6 Å². The number of para-hydroxylation sites is 1. The maximum absolute atomic E-state index is 13.9. The average molecular weight is 389 g/mol. The van der Waals surface area contributed by atoms with Crippen molar-refractivity contribution in [1.82, 2.24) is 0 Å². The minimum atomic E-state index is -0.598. The van der Waals surface area contributed by atoms with Crippen molar-refractivity contribution < 1.29 is 14.0 Å². The SMILES string of the molecule is CC[C@H](C)c1ccccc1N1C[C@H](C(=O)Nc2ccc(Cl)cc2F)CC1=O. The number of anilines is 2. The molecule has 1 heterocycles. The first kappa shape index (κ1) is 19.4. The van der Waals surface area contributed by atoms with Gasteiger partial charge in [-0.25, -0.2) is 4.39 Å². The summed E-state index contributed by atoms with van der Waals surface area (Å²) in [5.74, 6) is -1.28. The molecule has 4 nitrogen and oxygen atoms in total. The molecule has 142 valence electrons. The Labute approximate surface area is 163 Å². The zero-order chi connectivity index (χ0) is 19.6. The maximum atomic E-state index is 13.9. The maximum Gasteiger partial charge on any atom is 0.229 e. The van der Waals surface area contributed by atoms with Crippen LogP contribution >= 0.6 is 11.6 Å². The van der Waals surface area contributed by atoms with Gasteiger partial charge in [0.05, 0.1) is 11.6 Å². The second-order valence-corrected chi connectivity index (χ2v) is 7.32. The summed E-state index contributed by atoms with van der Waals surface area (Å²) in [7, 11) is 0. The lowest BCUT2D eigenvalue weighted by Crippen LogP contribution is -2.29. The molecule has 1 N–H and O–H groups in total. The number of nitrogens with one attached hydrogen (secondary N) is 1. The number of carbonyl (C=O) groups is 2. The number of carbonyl (C=O) groups excluding carboxylic acids is 2. The summed E-state index contributed by atoms with van der Waals surface area (Å²) < 4.78 is 13.9. The standard InChI is InChI=1S/C21H22ClFN2O2/c1-3-13(2)16-6-4-5-7-19(16)25-12-14(10-20(25)26)21(27)24-18-9-8-15(22)11-17(18)23/h4-9,11,13-14H,3,10,12H2,1-2H3,(H,24,27)/t13-,14+/m0/s1. The lowest BCUT2D eigenvalue weighted by Gasteiger charge is -2.23. The summed E-state index contributed by atoms with van der Waals surface area (Å²) in [6.45, 7) is 4.50. The molecule has 27 heavy (non-hydrogen) atoms. The van der Waals surface area contributed by atoms with Gasteiger partial charge in [0.1, 0.15) is 5.82 Å². The van der Waals surface area contributed by atoms with Crippen LogP contribution in [0.5, 0.6) is 0 Å². The number of hydrogen-bond donors (Lipinski definition) is 1. The van der Waals surface area contributed by atoms with Crippen LogP contribution in [0.4, 0.5) is 15.8 Å². The van der Waals surface area contributed by atoms with Gasteiger partial charge >= 0.3 is 0 Å². The molecular weight excluding hydrogens is 367 g/mol. The predicted octanol–water partition coefficient (Wildman–Crippen LogP) is 4.98. The predicted molar refractivity (Wildman–Crippen MR) is 106 cm³/mol. The van der Waals surface area contributed by atoms with Crippen molar-refractivity contribution in [3.8, 4) is 0 Å². The zero-order valence-corrected chi connectivity index (χ0v) is 16.1. The number of benzene rings is 2. The van der Waals surface area contributed by atoms with E-state index in [0.29, 0.717) is 5.92 Å². The molecule has 1 aliphatic rings. The summed E-state index contributed by atoms with van der Waals surface area (Å²) in [4.78, 5) is 26.8. The van der Waals surface area contributed by atoms with Crippen molar-refractivity contribution in [3.05, 3.63) is 58.9 Å². The minimum Gasteiger partial charge on any atom is -0.323 e. The first-order valence-corrected chi connectivity index (χ1v) is 9.43. The van der Waals surface area contributed by atoms with E-state index in [4.69, 9.17) is 11.6 Å². The topological polar surface area (TPSA) is 49.4 Å². The van der Waals surface area contributed by atoms with Crippen molar-refractivity contribution in [2.45, 2.75) is 32.6 Å². The van der Waals surface area contributed by atoms with E-state index in [-0.39, 0.29) is 35.5 Å². The molecule has 1 saturated heterocycles. The molecule has 3 rings (SSSR count). The summed E-state index contributed by atoms with van der Waals surface area (Å²) in [6.07, 6.45) is 1.06. The molecule has 2 aromatic carbocycles. The van der Waals surface area contributed by atoms with Crippen LogP contribution < -0.4 is 10.2 Å². The van der Waals surface area contributed by atoms with Crippen molar-refractivity contribution in [3.63, 3.8) is 0 Å². The fourth-order valence-electron chi connectivity index (χ4n) is 3.31. The third-order valence-corrected chi connectivity index (χ3v) is 5.29. The molecule has 1 fully saturated rings. The van der Waals surface area contributed by atoms with Crippen LogP contribution in [0.1, 0.15) is 38.2 Å². The van der Waals surface area contributed by atoms with Gasteiger partial charge < -0.3 is 10.2 Å². The first-order chi connectivity index (χ1) is 12.9. The second-order valence-electron chi connectivity index (χ2n) is 6.89. The van der Waals surface area contributed by atoms with Gasteiger partial charge in [-0.3, -0.25) is 9.59 Å². The number of hydrogen-bond acceptors (Lipinski definition) is 2. The quantitative estimate of drug-likeness (QED) is 0.784. The molecule has 6 heteroatoms. The largest absolute Gasteiger partial charge is 0.323 e. The average Bonchev–Trinajstić information content (AvgIpc) is 3.05. The molecule has 0 spiro atoms. The molecule has 0 radical (unpaired) electrons. The normalized spacial score (nSPS) is 17.9. The summed E-state index contributed by atoms with van der Waals surface area (Å²) in [6, 6.07) is 11.9. The van der Waals surface area contributed by atoms with Crippen LogP contribution in [-0.4, -0.2) is 18.4 Å². The van der Waals surface area contributed by atoms with Crippen molar-refractivity contribution in [2.24, 2.45) is 5.92 Å². The monoisotopic (exact) mass is 388 g/mol. The smallest absolute Gasteiger partial charge is 0.229 e. The molecule has 0 aromatic heterocycles. The van der Waals surface area contributed by atoms with Gasteiger partial charge in [0, 0.05) is 23.7 Å². The summed E-state index contributed by atoms with van der Waals surface area (Å²) >= 11 is 5.73. The Kier molecular flexibility index (Phi) is 5.80. The Bertz CT molecular complexity index is 871. The van der Waals surface area contributed by atoms with Crippen LogP contribution in [0.2, 0.25) is 5.02 Å². The van der Waals surface area contributed by atoms with Crippen LogP contribution in [0.25, 0.3) is 0 Å². The number of rotatable bonds is 5. The van der Waals surface area contributed by atoms with Crippen LogP contribution in [0.15, 0.2) is 42.5 Å². The Hall–Kier alpha value is -2.40. The molecule has 0 unspecified atom stereocenters. The molecule has 0 bridgehead atoms. The lowest BCUT2D eigenvalue weighted by atomic mass is 9.96. The Morgan fingerprint density at radius 2 is 2.07 bits per heavy atom. The fraction of sp³-hybridized carbons (Fsp3) is 0.333. The molecule has 0 saturated carbocycles. The second kappa shape index (κ2) is 8.09. The van der Waals surface area contributed by atoms with Gasteiger partial charge in [0.2, 0.25) is 11.8 Å². The van der Waals surface area contributed by atoms with E-state index in [1.165, 1.54) is 12.1 Å². The Balaban J connectivity index is 1.77. The van der Waals surface area contributed by atoms with Crippen molar-refractivity contribution in [1.29, 1.82) is 0 Å². The third kappa shape index (κ3) is 4.14. The Morgan fingerprint density at radius 1 is 1.33 bits per heavy atom. The molecular formula is C21H22ClFN2O2. The van der Waals surface area contributed by atoms with Crippen LogP contribution in [-0.2, 0) is 9.59 Å². The first-order valence-electron chi connectivity index (χ1n) is 9.06. The minimum absolute atomic E-state index is 0.0651. The van der Waals surface area contributed by atoms with Gasteiger partial charge in [0.25, 0.3) is 0 Å². The number of halogens is 2. The van der Waals surface area contributed by atoms with Gasteiger partial charge in [-0.2, -0.15) is 0 Å². The van der Waals surface area contributed by atoms with E-state index in [2.05, 4.69) is 19.2 Å². The lowest BCUT2D eigenvalue weighted by molar-refractivity contribution is -0.122. The van der Waals surface area contributed by atoms with E-state index in [9.17, 15) is 14.0 Å². The Morgan fingerprint density at radius 3 is 2.78 bits per heavy atom. The van der Waals surface area contributed by atoms with E-state index in [1.54, 1.807) is 4.90 Å². The van der Waals surface area contributed by atoms with Crippen molar-refractivity contribution in [2.75, 3.05) is 16.8 Å². The van der Waals surface area contributed by atoms with Crippen LogP contribution in [0, 0.1) is 11.7 Å². The summed E-state index contributed by atoms with van der Waals surface area (Å²) in [5.41, 5.74) is 2.01. The van der Waals surface area contributed by atoms with Crippen molar-refractivity contribution >= 4 is 34.8 Å². The highest BCUT2D eigenvalue weighted by Gasteiger charge is 2.36. The molecule has 0 aliphatic carbocycles. The third-order valence-electron chi connectivity index (χ3n) is 5.06. The number of nitrogens with zero attached hydrogens (tertiary/aromatic N) is 1. The zero-order valence-electron chi connectivity index (χ0n) is 15.3. The van der Waals surface area contributed by atoms with Gasteiger partial charge in [-0.15, -0.1) is 0 Å². The van der Waals surface area contributed by atoms with Crippen LogP contribution in [0.3, 0.4) is 0 Å². The highest BCUT2D eigenvalue weighted by atomic mass is 35.5. The molecule has 2 amide bonds. The van der Waals surface area contributed by atoms with E-state index < -0.39 is 11.7 Å². The summed E-state index contributed by atoms with van der Waals surface area (Å²) in [5, 5.41) is 2.83. The fourth-order valence-corrected chi connectivity index (χ4v) is 3.47. The van der Waals surface area contributed by atoms with Gasteiger partial charge in [0.15, 0.2) is 0 Å². The molecule has 2 aromatic rings. The molecule has 1 aliphatic heterocycles. The van der Waals surface area contributed by atoms with Gasteiger partial charge in [-0.05, 0) is 42.2 Å². The highest BCUT2D eigenvalue weighted by molar-refractivity contribution is 6.30. The van der Waals surface area contributed by atoms with E-state index in [1.807, 2.05) is 24.3 Å². The molecule has 2 atom stereocenters. The number of amides is 2. The van der Waals surface area contributed by atoms with E-state index in [0.717, 1.165) is 23.7 Å². The highest BCUT2D eigenvalue weighted by Crippen LogP contribution is 2.34.